The molecule has 0 aliphatic rings. The van der Waals surface area contributed by atoms with Crippen LogP contribution in [0.25, 0.3) is 0 Å². The summed E-state index contributed by atoms with van der Waals surface area (Å²) in [7, 11) is 1.43. The lowest BCUT2D eigenvalue weighted by Crippen LogP contribution is -2.16. The van der Waals surface area contributed by atoms with Crippen LogP contribution in [0.5, 0.6) is 5.75 Å². The number of benzene rings is 1. The zero-order valence-electron chi connectivity index (χ0n) is 11.8. The van der Waals surface area contributed by atoms with Gasteiger partial charge in [-0.1, -0.05) is 5.16 Å². The number of anilines is 1. The van der Waals surface area contributed by atoms with Gasteiger partial charge in [-0.3, -0.25) is 4.79 Å². The summed E-state index contributed by atoms with van der Waals surface area (Å²) in [5.41, 5.74) is 0.848. The van der Waals surface area contributed by atoms with Crippen LogP contribution >= 0.6 is 0 Å². The van der Waals surface area contributed by atoms with E-state index in [1.165, 1.54) is 19.2 Å². The second-order valence-corrected chi connectivity index (χ2v) is 4.37. The Labute approximate surface area is 120 Å². The number of carboxylic acids is 1. The summed E-state index contributed by atoms with van der Waals surface area (Å²) in [6.45, 7) is 3.25. The van der Waals surface area contributed by atoms with Gasteiger partial charge in [0, 0.05) is 0 Å². The fourth-order valence-electron chi connectivity index (χ4n) is 1.93. The molecule has 0 saturated heterocycles. The van der Waals surface area contributed by atoms with Crippen molar-refractivity contribution < 1.29 is 24.0 Å². The van der Waals surface area contributed by atoms with Crippen LogP contribution in [0.4, 0.5) is 5.69 Å². The van der Waals surface area contributed by atoms with Crippen molar-refractivity contribution >= 4 is 17.6 Å². The van der Waals surface area contributed by atoms with E-state index >= 15 is 0 Å². The highest BCUT2D eigenvalue weighted by atomic mass is 16.5. The molecule has 0 aliphatic carbocycles. The summed E-state index contributed by atoms with van der Waals surface area (Å²) in [5.74, 6) is -0.875. The van der Waals surface area contributed by atoms with E-state index in [4.69, 9.17) is 9.26 Å². The Morgan fingerprint density at radius 3 is 2.57 bits per heavy atom. The van der Waals surface area contributed by atoms with E-state index in [-0.39, 0.29) is 11.3 Å². The van der Waals surface area contributed by atoms with E-state index in [0.717, 1.165) is 0 Å². The molecule has 2 N–H and O–H groups in total. The number of hydrogen-bond donors (Lipinski definition) is 2. The molecule has 1 aromatic carbocycles. The molecule has 7 heteroatoms. The maximum atomic E-state index is 12.2. The number of aryl methyl sites for hydroxylation is 2. The van der Waals surface area contributed by atoms with Crippen LogP contribution in [0.1, 0.15) is 32.2 Å². The van der Waals surface area contributed by atoms with Gasteiger partial charge in [0.1, 0.15) is 17.1 Å². The van der Waals surface area contributed by atoms with Gasteiger partial charge in [-0.15, -0.1) is 0 Å². The highest BCUT2D eigenvalue weighted by molar-refractivity contribution is 6.08. The van der Waals surface area contributed by atoms with Crippen LogP contribution in [-0.4, -0.2) is 29.2 Å². The summed E-state index contributed by atoms with van der Waals surface area (Å²) in [5, 5.41) is 15.4. The topological polar surface area (TPSA) is 102 Å². The zero-order chi connectivity index (χ0) is 15.6. The molecule has 2 aromatic rings. The van der Waals surface area contributed by atoms with E-state index < -0.39 is 11.9 Å². The summed E-state index contributed by atoms with van der Waals surface area (Å²) in [6.07, 6.45) is 0. The third-order valence-corrected chi connectivity index (χ3v) is 2.97. The molecule has 110 valence electrons. The van der Waals surface area contributed by atoms with E-state index in [1.54, 1.807) is 19.9 Å². The second-order valence-electron chi connectivity index (χ2n) is 4.37. The number of amides is 1. The zero-order valence-corrected chi connectivity index (χ0v) is 11.8. The highest BCUT2D eigenvalue weighted by Gasteiger charge is 2.20. The normalized spacial score (nSPS) is 10.2. The van der Waals surface area contributed by atoms with Crippen LogP contribution < -0.4 is 10.1 Å². The Morgan fingerprint density at radius 2 is 2.05 bits per heavy atom. The molecule has 0 aliphatic heterocycles. The van der Waals surface area contributed by atoms with Crippen LogP contribution in [0.15, 0.2) is 22.7 Å². The Balaban J connectivity index is 2.35. The number of aromatic nitrogens is 1. The van der Waals surface area contributed by atoms with E-state index in [2.05, 4.69) is 10.5 Å². The van der Waals surface area contributed by atoms with Crippen LogP contribution in [0.2, 0.25) is 0 Å². The van der Waals surface area contributed by atoms with Crippen molar-refractivity contribution in [2.75, 3.05) is 12.4 Å². The van der Waals surface area contributed by atoms with Crippen molar-refractivity contribution in [3.05, 3.63) is 40.8 Å². The van der Waals surface area contributed by atoms with Gasteiger partial charge in [0.15, 0.2) is 0 Å². The molecule has 1 aromatic heterocycles. The fourth-order valence-corrected chi connectivity index (χ4v) is 1.93. The average molecular weight is 290 g/mol. The molecule has 0 spiro atoms. The lowest BCUT2D eigenvalue weighted by molar-refractivity contribution is 0.0697. The summed E-state index contributed by atoms with van der Waals surface area (Å²) in [4.78, 5) is 23.5. The quantitative estimate of drug-likeness (QED) is 0.895. The van der Waals surface area contributed by atoms with Crippen molar-refractivity contribution in [2.24, 2.45) is 0 Å². The van der Waals surface area contributed by atoms with Crippen LogP contribution in [0.3, 0.4) is 0 Å². The molecular weight excluding hydrogens is 276 g/mol. The molecule has 2 rings (SSSR count). The summed E-state index contributed by atoms with van der Waals surface area (Å²) in [6, 6.07) is 4.37. The smallest absolute Gasteiger partial charge is 0.337 e. The van der Waals surface area contributed by atoms with Crippen molar-refractivity contribution in [3.8, 4) is 5.75 Å². The van der Waals surface area contributed by atoms with Crippen LogP contribution in [0, 0.1) is 13.8 Å². The lowest BCUT2D eigenvalue weighted by Gasteiger charge is -2.10. The maximum absolute atomic E-state index is 12.2. The molecule has 0 bridgehead atoms. The molecular formula is C14H14N2O5. The molecule has 0 radical (unpaired) electrons. The highest BCUT2D eigenvalue weighted by Crippen LogP contribution is 2.23. The molecule has 7 nitrogen and oxygen atoms in total. The predicted molar refractivity (Wildman–Crippen MR) is 73.9 cm³/mol. The standard InChI is InChI=1S/C14H14N2O5/c1-7-12(8(2)21-16-7)13(17)15-11-5-4-9(20-3)6-10(11)14(18)19/h4-6H,1-3H3,(H,15,17)(H,18,19). The van der Waals surface area contributed by atoms with Crippen molar-refractivity contribution in [1.29, 1.82) is 0 Å². The first-order chi connectivity index (χ1) is 9.93. The minimum Gasteiger partial charge on any atom is -0.497 e. The first-order valence-corrected chi connectivity index (χ1v) is 6.09. The van der Waals surface area contributed by atoms with Gasteiger partial charge in [-0.25, -0.2) is 4.79 Å². The maximum Gasteiger partial charge on any atom is 0.337 e. The Morgan fingerprint density at radius 1 is 1.33 bits per heavy atom. The number of ether oxygens (including phenoxy) is 1. The van der Waals surface area contributed by atoms with E-state index in [9.17, 15) is 14.7 Å². The first-order valence-electron chi connectivity index (χ1n) is 6.09. The van der Waals surface area contributed by atoms with Gasteiger partial charge in [0.25, 0.3) is 5.91 Å². The molecule has 0 atom stereocenters. The Kier molecular flexibility index (Phi) is 3.93. The van der Waals surface area contributed by atoms with Crippen LogP contribution in [-0.2, 0) is 0 Å². The molecule has 1 amide bonds. The molecule has 0 saturated carbocycles. The van der Waals surface area contributed by atoms with Crippen molar-refractivity contribution in [3.63, 3.8) is 0 Å². The average Bonchev–Trinajstić information content (AvgIpc) is 2.78. The number of carbonyl (C=O) groups is 2. The number of methoxy groups -OCH3 is 1. The monoisotopic (exact) mass is 290 g/mol. The van der Waals surface area contributed by atoms with Gasteiger partial charge >= 0.3 is 5.97 Å². The van der Waals surface area contributed by atoms with Crippen molar-refractivity contribution in [1.82, 2.24) is 5.16 Å². The van der Waals surface area contributed by atoms with Gasteiger partial charge < -0.3 is 19.7 Å². The number of carboxylic acid groups (broad SMARTS) is 1. The molecule has 0 unspecified atom stereocenters. The number of nitrogens with zero attached hydrogens (tertiary/aromatic N) is 1. The van der Waals surface area contributed by atoms with Gasteiger partial charge in [0.05, 0.1) is 24.1 Å². The Bertz CT molecular complexity index is 686. The minimum absolute atomic E-state index is 0.0607. The predicted octanol–water partition coefficient (Wildman–Crippen LogP) is 2.25. The molecule has 0 fully saturated rings. The largest absolute Gasteiger partial charge is 0.497 e. The summed E-state index contributed by atoms with van der Waals surface area (Å²) < 4.78 is 9.90. The number of aromatic carboxylic acids is 1. The molecule has 21 heavy (non-hydrogen) atoms. The minimum atomic E-state index is -1.16. The number of nitrogens with one attached hydrogen (secondary N) is 1. The third-order valence-electron chi connectivity index (χ3n) is 2.97. The number of hydrogen-bond acceptors (Lipinski definition) is 5. The van der Waals surface area contributed by atoms with Gasteiger partial charge in [-0.2, -0.15) is 0 Å². The first kappa shape index (κ1) is 14.6. The third kappa shape index (κ3) is 2.86. The Hall–Kier alpha value is -2.83. The van der Waals surface area contributed by atoms with E-state index in [0.29, 0.717) is 22.8 Å². The van der Waals surface area contributed by atoms with Crippen molar-refractivity contribution in [2.45, 2.75) is 13.8 Å². The molecule has 1 heterocycles. The van der Waals surface area contributed by atoms with Gasteiger partial charge in [-0.05, 0) is 32.0 Å². The SMILES string of the molecule is COc1ccc(NC(=O)c2c(C)noc2C)c(C(=O)O)c1. The van der Waals surface area contributed by atoms with E-state index in [1.807, 2.05) is 0 Å². The van der Waals surface area contributed by atoms with Gasteiger partial charge in [0.2, 0.25) is 0 Å². The summed E-state index contributed by atoms with van der Waals surface area (Å²) >= 11 is 0. The lowest BCUT2D eigenvalue weighted by atomic mass is 10.1. The number of rotatable bonds is 4. The second kappa shape index (κ2) is 5.66. The number of carbonyl (C=O) groups excluding carboxylic acids is 1. The fraction of sp³-hybridized carbons (Fsp3) is 0.214.